The van der Waals surface area contributed by atoms with Gasteiger partial charge in [-0.1, -0.05) is 0 Å². The SMILES string of the molecule is N#Cc1ccc([C@H](CO)NC(=O)[C@H]2CCN(c3ncnc4[nH]ccc34)CC23CC3)nc1. The zero-order valence-electron chi connectivity index (χ0n) is 17.0. The van der Waals surface area contributed by atoms with Crippen molar-refractivity contribution in [1.82, 2.24) is 25.3 Å². The summed E-state index contributed by atoms with van der Waals surface area (Å²) in [7, 11) is 0. The van der Waals surface area contributed by atoms with Crippen molar-refractivity contribution in [1.29, 1.82) is 5.26 Å². The molecule has 0 bridgehead atoms. The van der Waals surface area contributed by atoms with Gasteiger partial charge in [0.05, 0.1) is 29.3 Å². The van der Waals surface area contributed by atoms with Gasteiger partial charge >= 0.3 is 0 Å². The van der Waals surface area contributed by atoms with Crippen molar-refractivity contribution >= 4 is 22.8 Å². The molecule has 2 fully saturated rings. The molecule has 158 valence electrons. The van der Waals surface area contributed by atoms with Gasteiger partial charge in [0.1, 0.15) is 23.9 Å². The first-order valence-corrected chi connectivity index (χ1v) is 10.4. The number of nitrogens with one attached hydrogen (secondary N) is 2. The zero-order valence-corrected chi connectivity index (χ0v) is 17.0. The Bertz CT molecular complexity index is 1150. The molecule has 31 heavy (non-hydrogen) atoms. The van der Waals surface area contributed by atoms with Crippen LogP contribution in [0.4, 0.5) is 5.82 Å². The third kappa shape index (κ3) is 3.49. The lowest BCUT2D eigenvalue weighted by Gasteiger charge is -2.39. The summed E-state index contributed by atoms with van der Waals surface area (Å²) in [5.41, 5.74) is 1.74. The van der Waals surface area contributed by atoms with Gasteiger partial charge in [-0.3, -0.25) is 9.78 Å². The predicted molar refractivity (Wildman–Crippen MR) is 113 cm³/mol. The van der Waals surface area contributed by atoms with Crippen LogP contribution >= 0.6 is 0 Å². The molecular weight excluding hydrogens is 394 g/mol. The summed E-state index contributed by atoms with van der Waals surface area (Å²) < 4.78 is 0. The normalized spacial score (nSPS) is 20.4. The molecule has 2 atom stereocenters. The lowest BCUT2D eigenvalue weighted by molar-refractivity contribution is -0.129. The molecule has 9 heteroatoms. The molecule has 9 nitrogen and oxygen atoms in total. The molecule has 3 aromatic rings. The minimum Gasteiger partial charge on any atom is -0.394 e. The van der Waals surface area contributed by atoms with E-state index in [2.05, 4.69) is 30.2 Å². The minimum absolute atomic E-state index is 0.0446. The lowest BCUT2D eigenvalue weighted by Crippen LogP contribution is -2.49. The second-order valence-corrected chi connectivity index (χ2v) is 8.39. The van der Waals surface area contributed by atoms with E-state index in [0.29, 0.717) is 11.3 Å². The van der Waals surface area contributed by atoms with Crippen LogP contribution in [0, 0.1) is 22.7 Å². The molecule has 1 saturated heterocycles. The average molecular weight is 417 g/mol. The topological polar surface area (TPSA) is 131 Å². The maximum absolute atomic E-state index is 13.2. The zero-order chi connectivity index (χ0) is 21.4. The summed E-state index contributed by atoms with van der Waals surface area (Å²) in [4.78, 5) is 31.6. The second-order valence-electron chi connectivity index (χ2n) is 8.39. The largest absolute Gasteiger partial charge is 0.394 e. The van der Waals surface area contributed by atoms with Gasteiger partial charge in [-0.05, 0) is 42.9 Å². The molecule has 1 saturated carbocycles. The molecular formula is C22H23N7O2. The van der Waals surface area contributed by atoms with Crippen molar-refractivity contribution in [2.75, 3.05) is 24.6 Å². The molecule has 4 heterocycles. The van der Waals surface area contributed by atoms with E-state index in [1.165, 1.54) is 6.20 Å². The predicted octanol–water partition coefficient (Wildman–Crippen LogP) is 1.68. The van der Waals surface area contributed by atoms with Crippen LogP contribution < -0.4 is 10.2 Å². The Labute approximate surface area is 179 Å². The van der Waals surface area contributed by atoms with Crippen LogP contribution in [-0.4, -0.2) is 50.6 Å². The summed E-state index contributed by atoms with van der Waals surface area (Å²) >= 11 is 0. The van der Waals surface area contributed by atoms with Crippen molar-refractivity contribution in [3.05, 3.63) is 48.2 Å². The Morgan fingerprint density at radius 3 is 2.94 bits per heavy atom. The Hall–Kier alpha value is -3.51. The Kier molecular flexibility index (Phi) is 4.79. The van der Waals surface area contributed by atoms with Gasteiger partial charge in [-0.15, -0.1) is 0 Å². The molecule has 0 unspecified atom stereocenters. The van der Waals surface area contributed by atoms with Gasteiger partial charge in [0.15, 0.2) is 0 Å². The molecule has 1 aliphatic heterocycles. The number of anilines is 1. The fourth-order valence-electron chi connectivity index (χ4n) is 4.69. The fraction of sp³-hybridized carbons (Fsp3) is 0.409. The molecule has 3 N–H and O–H groups in total. The van der Waals surface area contributed by atoms with Crippen molar-refractivity contribution in [3.63, 3.8) is 0 Å². The Morgan fingerprint density at radius 2 is 2.23 bits per heavy atom. The van der Waals surface area contributed by atoms with Gasteiger partial charge in [-0.25, -0.2) is 9.97 Å². The number of aromatic amines is 1. The number of aliphatic hydroxyl groups is 1. The van der Waals surface area contributed by atoms with Crippen LogP contribution in [0.3, 0.4) is 0 Å². The number of H-pyrrole nitrogens is 1. The van der Waals surface area contributed by atoms with E-state index in [0.717, 1.165) is 49.2 Å². The quantitative estimate of drug-likeness (QED) is 0.576. The number of amides is 1. The molecule has 1 aliphatic carbocycles. The number of pyridine rings is 1. The number of piperidine rings is 1. The van der Waals surface area contributed by atoms with Crippen molar-refractivity contribution in [2.24, 2.45) is 11.3 Å². The summed E-state index contributed by atoms with van der Waals surface area (Å²) in [6, 6.07) is 6.73. The first-order valence-electron chi connectivity index (χ1n) is 10.4. The highest BCUT2D eigenvalue weighted by Gasteiger charge is 2.55. The number of aromatic nitrogens is 4. The first kappa shape index (κ1) is 19.5. The van der Waals surface area contributed by atoms with E-state index in [1.807, 2.05) is 18.3 Å². The summed E-state index contributed by atoms with van der Waals surface area (Å²) in [5.74, 6) is 0.753. The Balaban J connectivity index is 1.31. The standard InChI is InChI=1S/C22H23N7O2/c23-9-14-1-2-17(25-10-14)18(11-30)28-21(31)16-4-8-29(12-22(16)5-6-22)20-15-3-7-24-19(15)26-13-27-20/h1-3,7,10,13,16,18,30H,4-6,8,11-12H2,(H,28,31)(H,24,26,27)/t16-,18+/m1/s1. The highest BCUT2D eigenvalue weighted by molar-refractivity contribution is 5.88. The first-order chi connectivity index (χ1) is 15.1. The highest BCUT2D eigenvalue weighted by Crippen LogP contribution is 2.56. The van der Waals surface area contributed by atoms with Crippen LogP contribution in [0.15, 0.2) is 36.9 Å². The molecule has 1 spiro atoms. The van der Waals surface area contributed by atoms with Crippen molar-refractivity contribution in [3.8, 4) is 6.07 Å². The van der Waals surface area contributed by atoms with Crippen LogP contribution in [-0.2, 0) is 4.79 Å². The summed E-state index contributed by atoms with van der Waals surface area (Å²) in [6.07, 6.45) is 7.62. The molecule has 0 aromatic carbocycles. The third-order valence-corrected chi connectivity index (χ3v) is 6.55. The fourth-order valence-corrected chi connectivity index (χ4v) is 4.69. The van der Waals surface area contributed by atoms with E-state index < -0.39 is 6.04 Å². The highest BCUT2D eigenvalue weighted by atomic mass is 16.3. The Morgan fingerprint density at radius 1 is 1.35 bits per heavy atom. The molecule has 1 amide bonds. The number of aliphatic hydroxyl groups excluding tert-OH is 1. The number of rotatable bonds is 5. The van der Waals surface area contributed by atoms with Crippen molar-refractivity contribution in [2.45, 2.75) is 25.3 Å². The van der Waals surface area contributed by atoms with Crippen LogP contribution in [0.25, 0.3) is 11.0 Å². The maximum atomic E-state index is 13.2. The molecule has 0 radical (unpaired) electrons. The number of nitrogens with zero attached hydrogens (tertiary/aromatic N) is 5. The number of hydrogen-bond acceptors (Lipinski definition) is 7. The van der Waals surface area contributed by atoms with Gasteiger partial charge in [-0.2, -0.15) is 5.26 Å². The third-order valence-electron chi connectivity index (χ3n) is 6.55. The van der Waals surface area contributed by atoms with Gasteiger partial charge < -0.3 is 20.3 Å². The number of carbonyl (C=O) groups excluding carboxylic acids is 1. The van der Waals surface area contributed by atoms with Crippen LogP contribution in [0.2, 0.25) is 0 Å². The summed E-state index contributed by atoms with van der Waals surface area (Å²) in [5, 5.41) is 22.7. The van der Waals surface area contributed by atoms with E-state index in [1.54, 1.807) is 18.5 Å². The maximum Gasteiger partial charge on any atom is 0.224 e. The van der Waals surface area contributed by atoms with E-state index in [4.69, 9.17) is 5.26 Å². The molecule has 2 aliphatic rings. The van der Waals surface area contributed by atoms with Crippen LogP contribution in [0.1, 0.15) is 36.6 Å². The number of carbonyl (C=O) groups is 1. The molecule has 5 rings (SSSR count). The lowest BCUT2D eigenvalue weighted by atomic mass is 9.81. The summed E-state index contributed by atoms with van der Waals surface area (Å²) in [6.45, 7) is 1.26. The van der Waals surface area contributed by atoms with Crippen LogP contribution in [0.5, 0.6) is 0 Å². The number of nitriles is 1. The van der Waals surface area contributed by atoms with E-state index in [-0.39, 0.29) is 23.8 Å². The van der Waals surface area contributed by atoms with Crippen molar-refractivity contribution < 1.29 is 9.90 Å². The average Bonchev–Trinajstić information content (AvgIpc) is 3.38. The molecule has 3 aromatic heterocycles. The van der Waals surface area contributed by atoms with E-state index >= 15 is 0 Å². The van der Waals surface area contributed by atoms with Gasteiger partial charge in [0.2, 0.25) is 5.91 Å². The van der Waals surface area contributed by atoms with E-state index in [9.17, 15) is 9.90 Å². The van der Waals surface area contributed by atoms with Gasteiger partial charge in [0.25, 0.3) is 0 Å². The monoisotopic (exact) mass is 417 g/mol. The second kappa shape index (κ2) is 7.63. The number of fused-ring (bicyclic) bond motifs is 1. The number of hydrogen-bond donors (Lipinski definition) is 3. The minimum atomic E-state index is -0.588. The van der Waals surface area contributed by atoms with Gasteiger partial charge in [0, 0.05) is 31.4 Å². The smallest absolute Gasteiger partial charge is 0.224 e.